The molecule has 0 saturated heterocycles. The van der Waals surface area contributed by atoms with Crippen molar-refractivity contribution >= 4 is 29.1 Å². The van der Waals surface area contributed by atoms with Crippen LogP contribution in [0.3, 0.4) is 0 Å². The number of methoxy groups -OCH3 is 1. The topological polar surface area (TPSA) is 70.7 Å². The van der Waals surface area contributed by atoms with E-state index in [-0.39, 0.29) is 30.9 Å². The molecule has 0 fully saturated rings. The van der Waals surface area contributed by atoms with Crippen LogP contribution in [0.4, 0.5) is 5.69 Å². The molecule has 0 spiro atoms. The summed E-state index contributed by atoms with van der Waals surface area (Å²) in [7, 11) is 1.55. The molecule has 2 rings (SSSR count). The van der Waals surface area contributed by atoms with Gasteiger partial charge in [0.15, 0.2) is 0 Å². The maximum atomic E-state index is 12.4. The fourth-order valence-corrected chi connectivity index (χ4v) is 2.87. The highest BCUT2D eigenvalue weighted by Crippen LogP contribution is 2.22. The van der Waals surface area contributed by atoms with Crippen molar-refractivity contribution in [2.45, 2.75) is 19.9 Å². The average Bonchev–Trinajstić information content (AvgIpc) is 2.68. The third kappa shape index (κ3) is 6.55. The first-order valence-electron chi connectivity index (χ1n) is 9.13. The zero-order valence-electron chi connectivity index (χ0n) is 16.4. The number of nitrogens with zero attached hydrogens (tertiary/aromatic N) is 1. The van der Waals surface area contributed by atoms with Gasteiger partial charge < -0.3 is 15.4 Å². The normalized spacial score (nSPS) is 11.8. The molecule has 0 aliphatic carbocycles. The summed E-state index contributed by atoms with van der Waals surface area (Å²) in [5, 5.41) is 6.42. The van der Waals surface area contributed by atoms with Gasteiger partial charge >= 0.3 is 0 Å². The highest BCUT2D eigenvalue weighted by Gasteiger charge is 2.16. The molecule has 0 aliphatic rings. The zero-order valence-corrected chi connectivity index (χ0v) is 17.1. The van der Waals surface area contributed by atoms with Gasteiger partial charge in [-0.1, -0.05) is 42.8 Å². The first kappa shape index (κ1) is 21.7. The van der Waals surface area contributed by atoms with Crippen LogP contribution in [-0.2, 0) is 9.59 Å². The Hall–Kier alpha value is -2.57. The van der Waals surface area contributed by atoms with Gasteiger partial charge in [-0.3, -0.25) is 14.5 Å². The molecular formula is C21H26ClN3O3. The molecule has 0 aliphatic heterocycles. The van der Waals surface area contributed by atoms with Crippen LogP contribution in [0.2, 0.25) is 5.02 Å². The van der Waals surface area contributed by atoms with E-state index in [1.807, 2.05) is 38.1 Å². The number of carbonyl (C=O) groups is 2. The number of para-hydroxylation sites is 2. The molecule has 2 amide bonds. The molecule has 1 unspecified atom stereocenters. The van der Waals surface area contributed by atoms with Gasteiger partial charge in [0, 0.05) is 5.02 Å². The van der Waals surface area contributed by atoms with Gasteiger partial charge in [0.2, 0.25) is 11.8 Å². The summed E-state index contributed by atoms with van der Waals surface area (Å²) in [6.07, 6.45) is 0. The first-order chi connectivity index (χ1) is 13.4. The minimum absolute atomic E-state index is 0.108. The van der Waals surface area contributed by atoms with Crippen LogP contribution in [0.15, 0.2) is 48.5 Å². The second kappa shape index (κ2) is 10.7. The summed E-state index contributed by atoms with van der Waals surface area (Å²) < 4.78 is 5.23. The smallest absolute Gasteiger partial charge is 0.238 e. The number of benzene rings is 2. The highest BCUT2D eigenvalue weighted by molar-refractivity contribution is 6.30. The lowest BCUT2D eigenvalue weighted by Gasteiger charge is -2.21. The Morgan fingerprint density at radius 1 is 1.07 bits per heavy atom. The minimum atomic E-state index is -0.204. The number of amides is 2. The second-order valence-electron chi connectivity index (χ2n) is 6.39. The zero-order chi connectivity index (χ0) is 20.5. The molecule has 28 heavy (non-hydrogen) atoms. The summed E-state index contributed by atoms with van der Waals surface area (Å²) in [5.41, 5.74) is 1.57. The molecule has 2 N–H and O–H groups in total. The quantitative estimate of drug-likeness (QED) is 0.672. The van der Waals surface area contributed by atoms with Crippen molar-refractivity contribution in [2.75, 3.05) is 32.1 Å². The Labute approximate surface area is 170 Å². The van der Waals surface area contributed by atoms with Crippen molar-refractivity contribution in [3.8, 4) is 5.75 Å². The summed E-state index contributed by atoms with van der Waals surface area (Å²) in [6, 6.07) is 14.4. The minimum Gasteiger partial charge on any atom is -0.495 e. The number of ether oxygens (including phenoxy) is 1. The van der Waals surface area contributed by atoms with E-state index in [4.69, 9.17) is 16.3 Å². The fraction of sp³-hybridized carbons (Fsp3) is 0.333. The van der Waals surface area contributed by atoms with E-state index in [0.717, 1.165) is 5.56 Å². The average molecular weight is 404 g/mol. The Balaban J connectivity index is 1.87. The van der Waals surface area contributed by atoms with Crippen molar-refractivity contribution in [3.05, 3.63) is 59.1 Å². The van der Waals surface area contributed by atoms with E-state index >= 15 is 0 Å². The Morgan fingerprint density at radius 3 is 2.36 bits per heavy atom. The molecule has 2 aromatic carbocycles. The van der Waals surface area contributed by atoms with Crippen LogP contribution >= 0.6 is 11.6 Å². The van der Waals surface area contributed by atoms with E-state index in [2.05, 4.69) is 10.6 Å². The Kier molecular flexibility index (Phi) is 8.29. The largest absolute Gasteiger partial charge is 0.495 e. The van der Waals surface area contributed by atoms with Crippen LogP contribution < -0.4 is 15.4 Å². The Morgan fingerprint density at radius 2 is 1.71 bits per heavy atom. The SMILES string of the molecule is CCN(CC(=O)Nc1ccccc1OC)CC(=O)NC(C)c1ccc(Cl)cc1. The number of rotatable bonds is 9. The third-order valence-electron chi connectivity index (χ3n) is 4.31. The molecule has 0 saturated carbocycles. The number of carbonyl (C=O) groups excluding carboxylic acids is 2. The molecule has 2 aromatic rings. The van der Waals surface area contributed by atoms with Crippen LogP contribution in [0.5, 0.6) is 5.75 Å². The van der Waals surface area contributed by atoms with E-state index < -0.39 is 0 Å². The molecule has 6 nitrogen and oxygen atoms in total. The van der Waals surface area contributed by atoms with Crippen LogP contribution in [0.1, 0.15) is 25.5 Å². The molecular weight excluding hydrogens is 378 g/mol. The van der Waals surface area contributed by atoms with Crippen LogP contribution in [0.25, 0.3) is 0 Å². The standard InChI is InChI=1S/C21H26ClN3O3/c1-4-25(14-21(27)24-18-7-5-6-8-19(18)28-3)13-20(26)23-15(2)16-9-11-17(22)12-10-16/h5-12,15H,4,13-14H2,1-3H3,(H,23,26)(H,24,27). The van der Waals surface area contributed by atoms with E-state index in [1.54, 1.807) is 36.3 Å². The van der Waals surface area contributed by atoms with Crippen molar-refractivity contribution < 1.29 is 14.3 Å². The maximum Gasteiger partial charge on any atom is 0.238 e. The van der Waals surface area contributed by atoms with Gasteiger partial charge in [0.1, 0.15) is 5.75 Å². The molecule has 1 atom stereocenters. The number of hydrogen-bond donors (Lipinski definition) is 2. The van der Waals surface area contributed by atoms with Crippen molar-refractivity contribution in [1.29, 1.82) is 0 Å². The number of hydrogen-bond acceptors (Lipinski definition) is 4. The van der Waals surface area contributed by atoms with Crippen LogP contribution in [0, 0.1) is 0 Å². The predicted octanol–water partition coefficient (Wildman–Crippen LogP) is 3.49. The van der Waals surface area contributed by atoms with Crippen LogP contribution in [-0.4, -0.2) is 43.5 Å². The predicted molar refractivity (Wildman–Crippen MR) is 112 cm³/mol. The number of nitrogens with one attached hydrogen (secondary N) is 2. The van der Waals surface area contributed by atoms with Crippen molar-refractivity contribution in [3.63, 3.8) is 0 Å². The van der Waals surface area contributed by atoms with Gasteiger partial charge in [-0.05, 0) is 43.3 Å². The summed E-state index contributed by atoms with van der Waals surface area (Å²) in [6.45, 7) is 4.63. The second-order valence-corrected chi connectivity index (χ2v) is 6.83. The molecule has 0 aromatic heterocycles. The number of likely N-dealkylation sites (N-methyl/N-ethyl adjacent to an activating group) is 1. The van der Waals surface area contributed by atoms with Gasteiger partial charge in [-0.15, -0.1) is 0 Å². The number of anilines is 1. The van der Waals surface area contributed by atoms with Gasteiger partial charge in [-0.2, -0.15) is 0 Å². The third-order valence-corrected chi connectivity index (χ3v) is 4.56. The lowest BCUT2D eigenvalue weighted by atomic mass is 10.1. The lowest BCUT2D eigenvalue weighted by Crippen LogP contribution is -2.41. The number of halogens is 1. The monoisotopic (exact) mass is 403 g/mol. The van der Waals surface area contributed by atoms with E-state index in [1.165, 1.54) is 0 Å². The summed E-state index contributed by atoms with van der Waals surface area (Å²) in [5.74, 6) is 0.243. The summed E-state index contributed by atoms with van der Waals surface area (Å²) >= 11 is 5.90. The van der Waals surface area contributed by atoms with Gasteiger partial charge in [-0.25, -0.2) is 0 Å². The Bertz CT molecular complexity index is 796. The highest BCUT2D eigenvalue weighted by atomic mass is 35.5. The molecule has 0 radical (unpaired) electrons. The molecule has 0 bridgehead atoms. The van der Waals surface area contributed by atoms with E-state index in [9.17, 15) is 9.59 Å². The molecule has 150 valence electrons. The van der Waals surface area contributed by atoms with E-state index in [0.29, 0.717) is 23.0 Å². The maximum absolute atomic E-state index is 12.4. The van der Waals surface area contributed by atoms with Crippen molar-refractivity contribution in [2.24, 2.45) is 0 Å². The molecule has 0 heterocycles. The lowest BCUT2D eigenvalue weighted by molar-refractivity contribution is -0.123. The fourth-order valence-electron chi connectivity index (χ4n) is 2.75. The van der Waals surface area contributed by atoms with Crippen molar-refractivity contribution in [1.82, 2.24) is 10.2 Å². The van der Waals surface area contributed by atoms with Gasteiger partial charge in [0.25, 0.3) is 0 Å². The van der Waals surface area contributed by atoms with Gasteiger partial charge in [0.05, 0.1) is 31.9 Å². The molecule has 7 heteroatoms. The first-order valence-corrected chi connectivity index (χ1v) is 9.50. The summed E-state index contributed by atoms with van der Waals surface area (Å²) in [4.78, 5) is 26.5.